The third kappa shape index (κ3) is 2.95. The van der Waals surface area contributed by atoms with Gasteiger partial charge in [-0.1, -0.05) is 31.2 Å². The fraction of sp³-hybridized carbons (Fsp3) is 0.455. The molecule has 0 unspecified atom stereocenters. The quantitative estimate of drug-likeness (QED) is 0.743. The molecular formula is C11H16ClFOSi. The average molecular weight is 247 g/mol. The van der Waals surface area contributed by atoms with Crippen LogP contribution in [0.4, 0.5) is 4.39 Å². The molecule has 4 heteroatoms. The molecule has 84 valence electrons. The molecule has 1 rings (SSSR count). The maximum absolute atomic E-state index is 14.0. The first-order valence-corrected chi connectivity index (χ1v) is 8.86. The summed E-state index contributed by atoms with van der Waals surface area (Å²) >= 11 is 5.94. The van der Waals surface area contributed by atoms with Gasteiger partial charge in [0.25, 0.3) is 0 Å². The van der Waals surface area contributed by atoms with Crippen molar-refractivity contribution in [2.45, 2.75) is 26.6 Å². The van der Waals surface area contributed by atoms with Crippen molar-refractivity contribution >= 4 is 24.9 Å². The topological polar surface area (TPSA) is 9.23 Å². The lowest BCUT2D eigenvalue weighted by atomic mass is 10.3. The van der Waals surface area contributed by atoms with Crippen molar-refractivity contribution in [1.29, 1.82) is 0 Å². The van der Waals surface area contributed by atoms with Crippen LogP contribution < -0.4 is 9.92 Å². The van der Waals surface area contributed by atoms with E-state index in [9.17, 15) is 4.39 Å². The van der Waals surface area contributed by atoms with Crippen molar-refractivity contribution in [2.24, 2.45) is 0 Å². The maximum Gasteiger partial charge on any atom is 0.164 e. The van der Waals surface area contributed by atoms with E-state index in [1.54, 1.807) is 6.07 Å². The Morgan fingerprint density at radius 3 is 2.40 bits per heavy atom. The fourth-order valence-electron chi connectivity index (χ4n) is 1.37. The Morgan fingerprint density at radius 1 is 1.33 bits per heavy atom. The van der Waals surface area contributed by atoms with Gasteiger partial charge in [0.2, 0.25) is 0 Å². The molecule has 0 aromatic heterocycles. The third-order valence-electron chi connectivity index (χ3n) is 2.11. The predicted octanol–water partition coefficient (Wildman–Crippen LogP) is 3.42. The second kappa shape index (κ2) is 4.54. The molecule has 0 spiro atoms. The van der Waals surface area contributed by atoms with Gasteiger partial charge >= 0.3 is 0 Å². The average Bonchev–Trinajstić information content (AvgIpc) is 2.09. The van der Waals surface area contributed by atoms with Crippen molar-refractivity contribution in [1.82, 2.24) is 0 Å². The highest BCUT2D eigenvalue weighted by molar-refractivity contribution is 6.88. The van der Waals surface area contributed by atoms with E-state index < -0.39 is 8.07 Å². The van der Waals surface area contributed by atoms with Crippen LogP contribution >= 0.6 is 11.6 Å². The van der Waals surface area contributed by atoms with Gasteiger partial charge in [-0.3, -0.25) is 0 Å². The van der Waals surface area contributed by atoms with E-state index in [1.807, 2.05) is 6.92 Å². The van der Waals surface area contributed by atoms with Gasteiger partial charge < -0.3 is 4.74 Å². The van der Waals surface area contributed by atoms with Crippen LogP contribution in [0, 0.1) is 5.82 Å². The summed E-state index contributed by atoms with van der Waals surface area (Å²) in [6.45, 7) is 8.52. The Labute approximate surface area is 96.2 Å². The summed E-state index contributed by atoms with van der Waals surface area (Å²) in [6, 6.07) is 3.25. The molecule has 15 heavy (non-hydrogen) atoms. The zero-order valence-corrected chi connectivity index (χ0v) is 11.3. The second-order valence-corrected chi connectivity index (χ2v) is 9.92. The van der Waals surface area contributed by atoms with Gasteiger partial charge in [0.1, 0.15) is 0 Å². The SMILES string of the molecule is CCOc1cc(Cl)cc([Si](C)(C)C)c1F. The summed E-state index contributed by atoms with van der Waals surface area (Å²) in [5, 5.41) is 1.26. The molecule has 0 N–H and O–H groups in total. The Balaban J connectivity index is 3.28. The second-order valence-electron chi connectivity index (χ2n) is 4.45. The summed E-state index contributed by atoms with van der Waals surface area (Å²) < 4.78 is 19.2. The van der Waals surface area contributed by atoms with Crippen LogP contribution in [0.1, 0.15) is 6.92 Å². The van der Waals surface area contributed by atoms with Crippen molar-refractivity contribution in [2.75, 3.05) is 6.61 Å². The number of hydrogen-bond acceptors (Lipinski definition) is 1. The number of halogens is 2. The lowest BCUT2D eigenvalue weighted by Crippen LogP contribution is -2.40. The van der Waals surface area contributed by atoms with Gasteiger partial charge in [-0.2, -0.15) is 0 Å². The lowest BCUT2D eigenvalue weighted by molar-refractivity contribution is 0.322. The molecular weight excluding hydrogens is 231 g/mol. The largest absolute Gasteiger partial charge is 0.491 e. The van der Waals surface area contributed by atoms with Crippen LogP contribution in [-0.2, 0) is 0 Å². The molecule has 0 aliphatic heterocycles. The van der Waals surface area contributed by atoms with Crippen molar-refractivity contribution in [3.63, 3.8) is 0 Å². The van der Waals surface area contributed by atoms with Gasteiger partial charge in [0, 0.05) is 11.1 Å². The molecule has 0 aliphatic rings. The summed E-state index contributed by atoms with van der Waals surface area (Å²) in [5.74, 6) is 0.0165. The molecule has 0 atom stereocenters. The number of benzene rings is 1. The van der Waals surface area contributed by atoms with E-state index in [0.29, 0.717) is 11.6 Å². The Bertz CT molecular complexity index is 360. The van der Waals surface area contributed by atoms with Crippen LogP contribution in [0.15, 0.2) is 12.1 Å². The smallest absolute Gasteiger partial charge is 0.164 e. The fourth-order valence-corrected chi connectivity index (χ4v) is 3.04. The number of rotatable bonds is 3. The predicted molar refractivity (Wildman–Crippen MR) is 65.6 cm³/mol. The molecule has 0 radical (unpaired) electrons. The molecule has 0 fully saturated rings. The van der Waals surface area contributed by atoms with E-state index in [1.165, 1.54) is 6.07 Å². The van der Waals surface area contributed by atoms with Crippen LogP contribution in [0.25, 0.3) is 0 Å². The van der Waals surface area contributed by atoms with E-state index in [4.69, 9.17) is 16.3 Å². The summed E-state index contributed by atoms with van der Waals surface area (Å²) in [7, 11) is -1.71. The molecule has 0 saturated heterocycles. The minimum atomic E-state index is -1.71. The molecule has 1 aromatic carbocycles. The first kappa shape index (κ1) is 12.5. The minimum Gasteiger partial charge on any atom is -0.491 e. The molecule has 1 nitrogen and oxygen atoms in total. The highest BCUT2D eigenvalue weighted by atomic mass is 35.5. The van der Waals surface area contributed by atoms with Gasteiger partial charge in [0.15, 0.2) is 11.6 Å². The molecule has 0 saturated carbocycles. The molecule has 0 aliphatic carbocycles. The van der Waals surface area contributed by atoms with Gasteiger partial charge in [0.05, 0.1) is 14.7 Å². The Morgan fingerprint density at radius 2 is 1.93 bits per heavy atom. The molecule has 0 heterocycles. The van der Waals surface area contributed by atoms with Crippen molar-refractivity contribution in [3.8, 4) is 5.75 Å². The summed E-state index contributed by atoms with van der Waals surface area (Å²) in [6.07, 6.45) is 0. The summed E-state index contributed by atoms with van der Waals surface area (Å²) in [5.41, 5.74) is 0. The monoisotopic (exact) mass is 246 g/mol. The van der Waals surface area contributed by atoms with Crippen LogP contribution in [0.5, 0.6) is 5.75 Å². The van der Waals surface area contributed by atoms with Crippen molar-refractivity contribution < 1.29 is 9.13 Å². The van der Waals surface area contributed by atoms with Crippen LogP contribution in [0.2, 0.25) is 24.7 Å². The first-order valence-electron chi connectivity index (χ1n) is 4.98. The van der Waals surface area contributed by atoms with Gasteiger partial charge in [-0.15, -0.1) is 0 Å². The van der Waals surface area contributed by atoms with E-state index in [0.717, 1.165) is 5.19 Å². The normalized spacial score (nSPS) is 11.6. The van der Waals surface area contributed by atoms with Gasteiger partial charge in [-0.05, 0) is 18.2 Å². The van der Waals surface area contributed by atoms with E-state index >= 15 is 0 Å². The molecule has 1 aromatic rings. The Kier molecular flexibility index (Phi) is 3.79. The highest BCUT2D eigenvalue weighted by Gasteiger charge is 2.23. The number of ether oxygens (including phenoxy) is 1. The third-order valence-corrected chi connectivity index (χ3v) is 4.31. The summed E-state index contributed by atoms with van der Waals surface area (Å²) in [4.78, 5) is 0. The standard InChI is InChI=1S/C11H16ClFOSi/c1-5-14-9-6-8(12)7-10(11(9)13)15(2,3)4/h6-7H,5H2,1-4H3. The Hall–Kier alpha value is -0.543. The molecule has 0 amide bonds. The zero-order valence-electron chi connectivity index (χ0n) is 9.53. The highest BCUT2D eigenvalue weighted by Crippen LogP contribution is 2.23. The molecule has 0 bridgehead atoms. The van der Waals surface area contributed by atoms with Gasteiger partial charge in [-0.25, -0.2) is 4.39 Å². The zero-order chi connectivity index (χ0) is 11.6. The van der Waals surface area contributed by atoms with E-state index in [-0.39, 0.29) is 11.6 Å². The van der Waals surface area contributed by atoms with E-state index in [2.05, 4.69) is 19.6 Å². The number of hydrogen-bond donors (Lipinski definition) is 0. The van der Waals surface area contributed by atoms with Crippen LogP contribution in [-0.4, -0.2) is 14.7 Å². The maximum atomic E-state index is 14.0. The first-order chi connectivity index (χ1) is 6.86. The van der Waals surface area contributed by atoms with Crippen LogP contribution in [0.3, 0.4) is 0 Å². The lowest BCUT2D eigenvalue weighted by Gasteiger charge is -2.19. The minimum absolute atomic E-state index is 0.250. The van der Waals surface area contributed by atoms with Crippen molar-refractivity contribution in [3.05, 3.63) is 23.0 Å².